The summed E-state index contributed by atoms with van der Waals surface area (Å²) in [6.45, 7) is 3.08. The molecule has 1 N–H and O–H groups in total. The maximum Gasteiger partial charge on any atom is 0.231 e. The molecule has 0 unspecified atom stereocenters. The van der Waals surface area contributed by atoms with Crippen molar-refractivity contribution in [3.8, 4) is 11.5 Å². The summed E-state index contributed by atoms with van der Waals surface area (Å²) >= 11 is 0. The third kappa shape index (κ3) is 4.36. The maximum absolute atomic E-state index is 13.4. The minimum atomic E-state index is -0.646. The van der Waals surface area contributed by atoms with Gasteiger partial charge in [0.05, 0.1) is 19.6 Å². The predicted octanol–water partition coefficient (Wildman–Crippen LogP) is 2.90. The third-order valence-electron chi connectivity index (χ3n) is 5.76. The molecule has 0 spiro atoms. The van der Waals surface area contributed by atoms with Crippen LogP contribution in [-0.4, -0.2) is 44.0 Å². The Kier molecular flexibility index (Phi) is 6.42. The Morgan fingerprint density at radius 1 is 1.03 bits per heavy atom. The summed E-state index contributed by atoms with van der Waals surface area (Å²) in [7, 11) is 3.20. The van der Waals surface area contributed by atoms with Crippen molar-refractivity contribution in [3.05, 3.63) is 59.7 Å². The number of ether oxygens (including phenoxy) is 2. The van der Waals surface area contributed by atoms with Crippen LogP contribution in [0.15, 0.2) is 48.5 Å². The lowest BCUT2D eigenvalue weighted by molar-refractivity contribution is -0.135. The first-order valence-electron chi connectivity index (χ1n) is 9.80. The van der Waals surface area contributed by atoms with Crippen molar-refractivity contribution in [1.82, 2.24) is 10.2 Å². The standard InChI is InChI=1S/C23H28N2O4/c1-17(26)25-13-11-23(12-14-25,19-7-5-4-6-8-19)22(27)24-16-18-9-10-20(28-2)15-21(18)29-3/h4-10,15H,11-14,16H2,1-3H3,(H,24,27). The molecule has 1 saturated heterocycles. The molecule has 6 heteroatoms. The molecule has 29 heavy (non-hydrogen) atoms. The predicted molar refractivity (Wildman–Crippen MR) is 111 cm³/mol. The van der Waals surface area contributed by atoms with E-state index in [1.165, 1.54) is 0 Å². The summed E-state index contributed by atoms with van der Waals surface area (Å²) in [5.74, 6) is 1.40. The van der Waals surface area contributed by atoms with Gasteiger partial charge in [0, 0.05) is 38.2 Å². The largest absolute Gasteiger partial charge is 0.497 e. The summed E-state index contributed by atoms with van der Waals surface area (Å²) in [4.78, 5) is 27.0. The molecule has 1 aliphatic rings. The topological polar surface area (TPSA) is 67.9 Å². The fraction of sp³-hybridized carbons (Fsp3) is 0.391. The average Bonchev–Trinajstić information content (AvgIpc) is 2.77. The van der Waals surface area contributed by atoms with E-state index in [2.05, 4.69) is 5.32 Å². The average molecular weight is 396 g/mol. The first-order chi connectivity index (χ1) is 14.0. The van der Waals surface area contributed by atoms with Crippen LogP contribution < -0.4 is 14.8 Å². The molecule has 1 aliphatic heterocycles. The Hall–Kier alpha value is -3.02. The van der Waals surface area contributed by atoms with E-state index in [4.69, 9.17) is 9.47 Å². The number of nitrogens with zero attached hydrogens (tertiary/aromatic N) is 1. The van der Waals surface area contributed by atoms with E-state index in [0.717, 1.165) is 11.1 Å². The normalized spacial score (nSPS) is 15.5. The van der Waals surface area contributed by atoms with Crippen molar-refractivity contribution in [2.75, 3.05) is 27.3 Å². The maximum atomic E-state index is 13.4. The van der Waals surface area contributed by atoms with Crippen LogP contribution >= 0.6 is 0 Å². The molecule has 2 aromatic carbocycles. The van der Waals surface area contributed by atoms with Gasteiger partial charge < -0.3 is 19.7 Å². The summed E-state index contributed by atoms with van der Waals surface area (Å²) in [5, 5.41) is 3.10. The highest BCUT2D eigenvalue weighted by molar-refractivity contribution is 5.89. The SMILES string of the molecule is COc1ccc(CNC(=O)C2(c3ccccc3)CCN(C(C)=O)CC2)c(OC)c1. The Labute approximate surface area is 171 Å². The Balaban J connectivity index is 1.81. The Morgan fingerprint density at radius 2 is 1.72 bits per heavy atom. The van der Waals surface area contributed by atoms with E-state index in [1.807, 2.05) is 42.5 Å². The number of benzene rings is 2. The molecule has 0 aromatic heterocycles. The molecule has 2 amide bonds. The molecule has 1 fully saturated rings. The smallest absolute Gasteiger partial charge is 0.231 e. The number of hydrogen-bond acceptors (Lipinski definition) is 4. The second kappa shape index (κ2) is 8.99. The van der Waals surface area contributed by atoms with E-state index in [1.54, 1.807) is 32.1 Å². The number of hydrogen-bond donors (Lipinski definition) is 1. The molecule has 0 radical (unpaired) electrons. The number of methoxy groups -OCH3 is 2. The van der Waals surface area contributed by atoms with E-state index < -0.39 is 5.41 Å². The summed E-state index contributed by atoms with van der Waals surface area (Å²) < 4.78 is 10.7. The van der Waals surface area contributed by atoms with Crippen LogP contribution in [0.2, 0.25) is 0 Å². The Bertz CT molecular complexity index is 858. The van der Waals surface area contributed by atoms with Crippen molar-refractivity contribution in [2.45, 2.75) is 31.7 Å². The van der Waals surface area contributed by atoms with E-state index >= 15 is 0 Å². The Morgan fingerprint density at radius 3 is 2.31 bits per heavy atom. The van der Waals surface area contributed by atoms with Gasteiger partial charge in [-0.25, -0.2) is 0 Å². The second-order valence-corrected chi connectivity index (χ2v) is 7.31. The zero-order valence-corrected chi connectivity index (χ0v) is 17.2. The molecular weight excluding hydrogens is 368 g/mol. The summed E-state index contributed by atoms with van der Waals surface area (Å²) in [6, 6.07) is 15.4. The molecule has 0 saturated carbocycles. The minimum Gasteiger partial charge on any atom is -0.497 e. The molecule has 0 atom stereocenters. The zero-order valence-electron chi connectivity index (χ0n) is 17.2. The van der Waals surface area contributed by atoms with Crippen LogP contribution in [0.4, 0.5) is 0 Å². The lowest BCUT2D eigenvalue weighted by Gasteiger charge is -2.40. The highest BCUT2D eigenvalue weighted by atomic mass is 16.5. The number of carbonyl (C=O) groups is 2. The zero-order chi connectivity index (χ0) is 20.9. The molecular formula is C23H28N2O4. The number of nitrogens with one attached hydrogen (secondary N) is 1. The molecule has 6 nitrogen and oxygen atoms in total. The van der Waals surface area contributed by atoms with Crippen molar-refractivity contribution < 1.29 is 19.1 Å². The van der Waals surface area contributed by atoms with Crippen LogP contribution in [0, 0.1) is 0 Å². The summed E-state index contributed by atoms with van der Waals surface area (Å²) in [5.41, 5.74) is 1.22. The van der Waals surface area contributed by atoms with E-state index in [-0.39, 0.29) is 11.8 Å². The lowest BCUT2D eigenvalue weighted by Crippen LogP contribution is -2.52. The van der Waals surface area contributed by atoms with Crippen molar-refractivity contribution in [2.24, 2.45) is 0 Å². The van der Waals surface area contributed by atoms with E-state index in [9.17, 15) is 9.59 Å². The van der Waals surface area contributed by atoms with Crippen LogP contribution in [-0.2, 0) is 21.5 Å². The minimum absolute atomic E-state index is 0.0234. The first-order valence-corrected chi connectivity index (χ1v) is 9.80. The van der Waals surface area contributed by atoms with Gasteiger partial charge in [-0.15, -0.1) is 0 Å². The molecule has 0 aliphatic carbocycles. The monoisotopic (exact) mass is 396 g/mol. The van der Waals surface area contributed by atoms with Crippen molar-refractivity contribution in [1.29, 1.82) is 0 Å². The van der Waals surface area contributed by atoms with Crippen LogP contribution in [0.3, 0.4) is 0 Å². The third-order valence-corrected chi connectivity index (χ3v) is 5.76. The van der Waals surface area contributed by atoms with Crippen molar-refractivity contribution in [3.63, 3.8) is 0 Å². The second-order valence-electron chi connectivity index (χ2n) is 7.31. The number of amides is 2. The van der Waals surface area contributed by atoms with Crippen LogP contribution in [0.5, 0.6) is 11.5 Å². The number of rotatable bonds is 6. The van der Waals surface area contributed by atoms with Gasteiger partial charge in [-0.05, 0) is 30.5 Å². The van der Waals surface area contributed by atoms with Gasteiger partial charge in [-0.1, -0.05) is 30.3 Å². The molecule has 2 aromatic rings. The first kappa shape index (κ1) is 20.7. The highest BCUT2D eigenvalue weighted by Gasteiger charge is 2.43. The van der Waals surface area contributed by atoms with Gasteiger partial charge in [0.2, 0.25) is 11.8 Å². The number of piperidine rings is 1. The fourth-order valence-electron chi connectivity index (χ4n) is 3.95. The summed E-state index contributed by atoms with van der Waals surface area (Å²) in [6.07, 6.45) is 1.20. The van der Waals surface area contributed by atoms with Gasteiger partial charge in [0.1, 0.15) is 11.5 Å². The fourth-order valence-corrected chi connectivity index (χ4v) is 3.95. The molecule has 1 heterocycles. The van der Waals surface area contributed by atoms with Gasteiger partial charge in [-0.3, -0.25) is 9.59 Å². The highest BCUT2D eigenvalue weighted by Crippen LogP contribution is 2.36. The quantitative estimate of drug-likeness (QED) is 0.815. The van der Waals surface area contributed by atoms with Crippen LogP contribution in [0.25, 0.3) is 0 Å². The van der Waals surface area contributed by atoms with Gasteiger partial charge in [0.15, 0.2) is 0 Å². The van der Waals surface area contributed by atoms with Gasteiger partial charge in [-0.2, -0.15) is 0 Å². The molecule has 3 rings (SSSR count). The number of carbonyl (C=O) groups excluding carboxylic acids is 2. The molecule has 0 bridgehead atoms. The van der Waals surface area contributed by atoms with Crippen LogP contribution in [0.1, 0.15) is 30.9 Å². The van der Waals surface area contributed by atoms with Gasteiger partial charge >= 0.3 is 0 Å². The number of likely N-dealkylation sites (tertiary alicyclic amines) is 1. The van der Waals surface area contributed by atoms with E-state index in [0.29, 0.717) is 44.0 Å². The van der Waals surface area contributed by atoms with Gasteiger partial charge in [0.25, 0.3) is 0 Å². The lowest BCUT2D eigenvalue weighted by atomic mass is 9.72. The molecule has 154 valence electrons. The van der Waals surface area contributed by atoms with Crippen molar-refractivity contribution >= 4 is 11.8 Å².